The molecule has 0 saturated carbocycles. The zero-order chi connectivity index (χ0) is 6.57. The zero-order valence-electron chi connectivity index (χ0n) is 5.31. The molecule has 1 unspecified atom stereocenters. The summed E-state index contributed by atoms with van der Waals surface area (Å²) in [5.74, 6) is 0.0926. The van der Waals surface area contributed by atoms with Gasteiger partial charge in [0, 0.05) is 5.92 Å². The average molecular weight is 131 g/mol. The lowest BCUT2D eigenvalue weighted by Gasteiger charge is -1.99. The molecule has 0 aliphatic heterocycles. The van der Waals surface area contributed by atoms with E-state index < -0.39 is 0 Å². The molecule has 0 aliphatic rings. The highest BCUT2D eigenvalue weighted by Gasteiger charge is 2.06. The van der Waals surface area contributed by atoms with Gasteiger partial charge in [0.2, 0.25) is 5.12 Å². The molecular formula is C6H11OS. The fourth-order valence-corrected chi connectivity index (χ4v) is 0.669. The topological polar surface area (TPSA) is 17.1 Å². The lowest BCUT2D eigenvalue weighted by atomic mass is 10.1. The first-order valence-electron chi connectivity index (χ1n) is 2.89. The Kier molecular flexibility index (Phi) is 3.79. The maximum absolute atomic E-state index is 10.3. The predicted octanol–water partition coefficient (Wildman–Crippen LogP) is 2.15. The molecule has 0 fully saturated rings. The highest BCUT2D eigenvalue weighted by molar-refractivity contribution is 7.96. The summed E-state index contributed by atoms with van der Waals surface area (Å²) in [6.45, 7) is 3.92. The molecule has 47 valence electrons. The summed E-state index contributed by atoms with van der Waals surface area (Å²) in [5.41, 5.74) is 0. The van der Waals surface area contributed by atoms with Crippen LogP contribution in [0.15, 0.2) is 0 Å². The van der Waals surface area contributed by atoms with E-state index in [2.05, 4.69) is 19.6 Å². The van der Waals surface area contributed by atoms with Gasteiger partial charge in [-0.3, -0.25) is 4.79 Å². The zero-order valence-corrected chi connectivity index (χ0v) is 6.12. The maximum atomic E-state index is 10.3. The lowest BCUT2D eigenvalue weighted by Crippen LogP contribution is -2.01. The number of hydrogen-bond acceptors (Lipinski definition) is 1. The van der Waals surface area contributed by atoms with E-state index in [1.54, 1.807) is 0 Å². The minimum Gasteiger partial charge on any atom is -0.282 e. The van der Waals surface area contributed by atoms with Gasteiger partial charge in [-0.2, -0.15) is 0 Å². The largest absolute Gasteiger partial charge is 0.282 e. The Morgan fingerprint density at radius 1 is 1.75 bits per heavy atom. The van der Waals surface area contributed by atoms with E-state index in [0.29, 0.717) is 0 Å². The molecule has 0 aromatic rings. The van der Waals surface area contributed by atoms with Crippen LogP contribution in [0.5, 0.6) is 0 Å². The van der Waals surface area contributed by atoms with Gasteiger partial charge in [0.05, 0.1) is 0 Å². The Morgan fingerprint density at radius 3 is 2.38 bits per heavy atom. The van der Waals surface area contributed by atoms with Gasteiger partial charge in [-0.1, -0.05) is 20.3 Å². The third-order valence-electron chi connectivity index (χ3n) is 1.12. The minimum atomic E-state index is -0.105. The van der Waals surface area contributed by atoms with Gasteiger partial charge in [-0.25, -0.2) is 0 Å². The van der Waals surface area contributed by atoms with Crippen LogP contribution < -0.4 is 0 Å². The molecule has 0 bridgehead atoms. The summed E-state index contributed by atoms with van der Waals surface area (Å²) in [7, 11) is 0. The summed E-state index contributed by atoms with van der Waals surface area (Å²) in [4.78, 5) is 10.3. The molecule has 0 aliphatic carbocycles. The van der Waals surface area contributed by atoms with Crippen LogP contribution in [-0.4, -0.2) is 5.12 Å². The minimum absolute atomic E-state index is 0.0926. The molecule has 0 saturated heterocycles. The quantitative estimate of drug-likeness (QED) is 0.573. The van der Waals surface area contributed by atoms with E-state index in [9.17, 15) is 4.79 Å². The first kappa shape index (κ1) is 7.89. The van der Waals surface area contributed by atoms with Gasteiger partial charge in [0.15, 0.2) is 0 Å². The molecule has 2 heteroatoms. The Bertz CT molecular complexity index is 80.6. The number of rotatable bonds is 3. The van der Waals surface area contributed by atoms with Gasteiger partial charge in [0.25, 0.3) is 0 Å². The van der Waals surface area contributed by atoms with Crippen molar-refractivity contribution < 1.29 is 4.79 Å². The molecule has 0 amide bonds. The SMILES string of the molecule is CCCC(C)C(=O)[S]. The molecule has 0 spiro atoms. The van der Waals surface area contributed by atoms with Crippen LogP contribution in [0.4, 0.5) is 0 Å². The van der Waals surface area contributed by atoms with E-state index in [-0.39, 0.29) is 11.0 Å². The molecule has 1 nitrogen and oxygen atoms in total. The lowest BCUT2D eigenvalue weighted by molar-refractivity contribution is -0.113. The number of carbonyl (C=O) groups excluding carboxylic acids is 1. The smallest absolute Gasteiger partial charge is 0.221 e. The van der Waals surface area contributed by atoms with E-state index in [1.807, 2.05) is 6.92 Å². The second-order valence-electron chi connectivity index (χ2n) is 2.01. The maximum Gasteiger partial charge on any atom is 0.221 e. The van der Waals surface area contributed by atoms with Crippen LogP contribution >= 0.6 is 12.6 Å². The van der Waals surface area contributed by atoms with Crippen molar-refractivity contribution in [3.8, 4) is 0 Å². The summed E-state index contributed by atoms with van der Waals surface area (Å²) in [5, 5.41) is -0.105. The number of carbonyl (C=O) groups is 1. The second kappa shape index (κ2) is 3.84. The van der Waals surface area contributed by atoms with Crippen LogP contribution in [0.1, 0.15) is 26.7 Å². The summed E-state index contributed by atoms with van der Waals surface area (Å²) < 4.78 is 0. The molecule has 0 aromatic carbocycles. The van der Waals surface area contributed by atoms with Gasteiger partial charge < -0.3 is 0 Å². The van der Waals surface area contributed by atoms with Crippen molar-refractivity contribution in [2.75, 3.05) is 0 Å². The predicted molar refractivity (Wildman–Crippen MR) is 36.7 cm³/mol. The van der Waals surface area contributed by atoms with Crippen LogP contribution in [0.3, 0.4) is 0 Å². The van der Waals surface area contributed by atoms with Crippen LogP contribution in [0.2, 0.25) is 0 Å². The van der Waals surface area contributed by atoms with Crippen LogP contribution in [0.25, 0.3) is 0 Å². The first-order chi connectivity index (χ1) is 3.68. The van der Waals surface area contributed by atoms with Crippen molar-refractivity contribution in [1.29, 1.82) is 0 Å². The van der Waals surface area contributed by atoms with Gasteiger partial charge in [-0.15, -0.1) is 0 Å². The van der Waals surface area contributed by atoms with Crippen molar-refractivity contribution in [1.82, 2.24) is 0 Å². The second-order valence-corrected chi connectivity index (χ2v) is 2.41. The average Bonchev–Trinajstić information content (AvgIpc) is 1.67. The van der Waals surface area contributed by atoms with E-state index in [1.165, 1.54) is 0 Å². The molecule has 1 atom stereocenters. The third-order valence-corrected chi connectivity index (χ3v) is 1.53. The summed E-state index contributed by atoms with van der Waals surface area (Å²) in [6.07, 6.45) is 1.98. The normalized spacial score (nSPS) is 13.2. The highest BCUT2D eigenvalue weighted by atomic mass is 32.1. The van der Waals surface area contributed by atoms with E-state index in [0.717, 1.165) is 12.8 Å². The Balaban J connectivity index is 3.32. The van der Waals surface area contributed by atoms with Gasteiger partial charge in [0.1, 0.15) is 0 Å². The van der Waals surface area contributed by atoms with Crippen molar-refractivity contribution in [3.63, 3.8) is 0 Å². The molecule has 0 aromatic heterocycles. The van der Waals surface area contributed by atoms with Crippen LogP contribution in [-0.2, 0) is 4.79 Å². The Hall–Kier alpha value is -0.110. The fourth-order valence-electron chi connectivity index (χ4n) is 0.551. The van der Waals surface area contributed by atoms with Gasteiger partial charge >= 0.3 is 0 Å². The third kappa shape index (κ3) is 2.97. The van der Waals surface area contributed by atoms with Crippen molar-refractivity contribution in [2.24, 2.45) is 5.92 Å². The van der Waals surface area contributed by atoms with E-state index >= 15 is 0 Å². The fraction of sp³-hybridized carbons (Fsp3) is 0.833. The standard InChI is InChI=1S/C6H11OS/c1-3-4-5(2)6(7)8/h5H,3-4H2,1-2H3. The summed E-state index contributed by atoms with van der Waals surface area (Å²) in [6, 6.07) is 0. The molecule has 8 heavy (non-hydrogen) atoms. The molecule has 0 rings (SSSR count). The molecule has 0 N–H and O–H groups in total. The Morgan fingerprint density at radius 2 is 2.25 bits per heavy atom. The Labute approximate surface area is 55.9 Å². The molecular weight excluding hydrogens is 120 g/mol. The van der Waals surface area contributed by atoms with E-state index in [4.69, 9.17) is 0 Å². The highest BCUT2D eigenvalue weighted by Crippen LogP contribution is 2.07. The molecule has 1 radical (unpaired) electrons. The summed E-state index contributed by atoms with van der Waals surface area (Å²) >= 11 is 4.43. The van der Waals surface area contributed by atoms with Crippen molar-refractivity contribution >= 4 is 17.7 Å². The van der Waals surface area contributed by atoms with Crippen LogP contribution in [0, 0.1) is 5.92 Å². The van der Waals surface area contributed by atoms with Gasteiger partial charge in [-0.05, 0) is 19.0 Å². The number of hydrogen-bond donors (Lipinski definition) is 0. The molecule has 0 heterocycles. The monoisotopic (exact) mass is 131 g/mol. The van der Waals surface area contributed by atoms with Crippen molar-refractivity contribution in [3.05, 3.63) is 0 Å². The first-order valence-corrected chi connectivity index (χ1v) is 3.30. The van der Waals surface area contributed by atoms with Crippen molar-refractivity contribution in [2.45, 2.75) is 26.7 Å².